The highest BCUT2D eigenvalue weighted by Crippen LogP contribution is 2.74. The number of carbonyl (C=O) groups is 2. The number of hydrogen-bond donors (Lipinski definition) is 2. The van der Waals surface area contributed by atoms with Crippen molar-refractivity contribution in [2.24, 2.45) is 39.4 Å². The van der Waals surface area contributed by atoms with Crippen molar-refractivity contribution >= 4 is 11.8 Å². The Morgan fingerprint density at radius 3 is 2.35 bits per heavy atom. The van der Waals surface area contributed by atoms with Crippen molar-refractivity contribution in [2.75, 3.05) is 0 Å². The Morgan fingerprint density at radius 2 is 1.76 bits per heavy atom. The van der Waals surface area contributed by atoms with E-state index in [1.807, 2.05) is 0 Å². The lowest BCUT2D eigenvalue weighted by atomic mass is 9.36. The highest BCUT2D eigenvalue weighted by atomic mass is 16.6. The zero-order chi connectivity index (χ0) is 27.7. The summed E-state index contributed by atoms with van der Waals surface area (Å²) in [7, 11) is 0. The molecule has 3 fully saturated rings. The molecule has 0 heterocycles. The molecule has 0 aliphatic heterocycles. The molecular formula is C32H50O5. The van der Waals surface area contributed by atoms with Gasteiger partial charge in [-0.15, -0.1) is 0 Å². The second-order valence-electron chi connectivity index (χ2n) is 14.3. The predicted octanol–water partition coefficient (Wildman–Crippen LogP) is 6.17. The summed E-state index contributed by atoms with van der Waals surface area (Å²) in [6, 6.07) is 0. The van der Waals surface area contributed by atoms with Crippen LogP contribution < -0.4 is 0 Å². The van der Waals surface area contributed by atoms with Gasteiger partial charge in [0.1, 0.15) is 11.9 Å². The van der Waals surface area contributed by atoms with Gasteiger partial charge in [0.05, 0.1) is 12.2 Å². The summed E-state index contributed by atoms with van der Waals surface area (Å²) in [5.41, 5.74) is 2.97. The van der Waals surface area contributed by atoms with Crippen molar-refractivity contribution in [3.05, 3.63) is 23.3 Å². The van der Waals surface area contributed by atoms with Crippen molar-refractivity contribution in [1.82, 2.24) is 0 Å². The molecule has 0 radical (unpaired) electrons. The number of aliphatic hydroxyl groups is 2. The van der Waals surface area contributed by atoms with Crippen LogP contribution in [0.1, 0.15) is 107 Å². The summed E-state index contributed by atoms with van der Waals surface area (Å²) in [5.74, 6) is 0.555. The van der Waals surface area contributed by atoms with Gasteiger partial charge in [-0.25, -0.2) is 0 Å². The SMILES string of the molecule is C=C(C)C(OC(C)=O)C(O)CC(C)C1=C2CC(O)C3C4(C)CCC(=O)C(C)(C)C4CCC3(C)C2(C)CC1. The van der Waals surface area contributed by atoms with Gasteiger partial charge in [-0.3, -0.25) is 9.59 Å². The van der Waals surface area contributed by atoms with Gasteiger partial charge in [-0.1, -0.05) is 59.3 Å². The van der Waals surface area contributed by atoms with Crippen LogP contribution in [-0.4, -0.2) is 40.3 Å². The number of allylic oxidation sites excluding steroid dienone is 1. The van der Waals surface area contributed by atoms with E-state index in [0.29, 0.717) is 36.5 Å². The summed E-state index contributed by atoms with van der Waals surface area (Å²) in [6.45, 7) is 20.7. The standard InChI is InChI=1S/C32H50O5/c1-18(2)27(37-20(4)33)23(34)16-19(3)21-10-14-31(8)22(21)17-24(35)28-30(7)13-12-26(36)29(5,6)25(30)11-15-32(28,31)9/h19,23-25,27-28,34-35H,1,10-17H2,2-9H3. The summed E-state index contributed by atoms with van der Waals surface area (Å²) < 4.78 is 5.38. The zero-order valence-corrected chi connectivity index (χ0v) is 24.4. The molecule has 0 aromatic rings. The molecule has 9 unspecified atom stereocenters. The Kier molecular flexibility index (Phi) is 7.20. The third-order valence-corrected chi connectivity index (χ3v) is 12.0. The Balaban J connectivity index is 1.66. The lowest BCUT2D eigenvalue weighted by Crippen LogP contribution is -2.65. The van der Waals surface area contributed by atoms with E-state index >= 15 is 0 Å². The van der Waals surface area contributed by atoms with Gasteiger partial charge < -0.3 is 14.9 Å². The summed E-state index contributed by atoms with van der Waals surface area (Å²) in [6.07, 6.45) is 4.81. The van der Waals surface area contributed by atoms with Crippen LogP contribution in [0.5, 0.6) is 0 Å². The lowest BCUT2D eigenvalue weighted by molar-refractivity contribution is -0.208. The van der Waals surface area contributed by atoms with E-state index in [-0.39, 0.29) is 33.5 Å². The first-order valence-corrected chi connectivity index (χ1v) is 14.4. The van der Waals surface area contributed by atoms with Crippen LogP contribution >= 0.6 is 0 Å². The number of esters is 1. The van der Waals surface area contributed by atoms with Gasteiger partial charge in [0.25, 0.3) is 0 Å². The third-order valence-electron chi connectivity index (χ3n) is 12.0. The normalized spacial score (nSPS) is 41.2. The minimum atomic E-state index is -0.815. The molecule has 0 aromatic carbocycles. The van der Waals surface area contributed by atoms with Gasteiger partial charge in [0.15, 0.2) is 0 Å². The van der Waals surface area contributed by atoms with Gasteiger partial charge in [-0.2, -0.15) is 0 Å². The fourth-order valence-electron chi connectivity index (χ4n) is 9.98. The lowest BCUT2D eigenvalue weighted by Gasteiger charge is -2.69. The summed E-state index contributed by atoms with van der Waals surface area (Å²) in [5, 5.41) is 22.9. The van der Waals surface area contributed by atoms with Gasteiger partial charge in [-0.05, 0) is 91.4 Å². The number of rotatable bonds is 6. The second-order valence-corrected chi connectivity index (χ2v) is 14.3. The van der Waals surface area contributed by atoms with Gasteiger partial charge in [0, 0.05) is 18.8 Å². The molecule has 37 heavy (non-hydrogen) atoms. The second kappa shape index (κ2) is 9.33. The molecule has 9 atom stereocenters. The molecule has 208 valence electrons. The highest BCUT2D eigenvalue weighted by Gasteiger charge is 2.69. The first-order valence-electron chi connectivity index (χ1n) is 14.4. The predicted molar refractivity (Wildman–Crippen MR) is 146 cm³/mol. The number of carbonyl (C=O) groups excluding carboxylic acids is 2. The van der Waals surface area contributed by atoms with Crippen molar-refractivity contribution in [3.63, 3.8) is 0 Å². The fraction of sp³-hybridized carbons (Fsp3) is 0.812. The average Bonchev–Trinajstić information content (AvgIpc) is 3.12. The Labute approximate surface area is 224 Å². The minimum Gasteiger partial charge on any atom is -0.455 e. The van der Waals surface area contributed by atoms with Crippen LogP contribution in [0, 0.1) is 39.4 Å². The smallest absolute Gasteiger partial charge is 0.303 e. The number of aliphatic hydroxyl groups excluding tert-OH is 2. The first-order chi connectivity index (χ1) is 17.0. The van der Waals surface area contributed by atoms with Crippen molar-refractivity contribution in [3.8, 4) is 0 Å². The molecular weight excluding hydrogens is 464 g/mol. The van der Waals surface area contributed by atoms with E-state index in [2.05, 4.69) is 48.1 Å². The molecule has 4 aliphatic rings. The monoisotopic (exact) mass is 514 g/mol. The van der Waals surface area contributed by atoms with E-state index in [1.54, 1.807) is 6.92 Å². The molecule has 0 aromatic heterocycles. The minimum absolute atomic E-state index is 0.00530. The number of ether oxygens (including phenoxy) is 1. The van der Waals surface area contributed by atoms with Crippen LogP contribution in [-0.2, 0) is 14.3 Å². The summed E-state index contributed by atoms with van der Waals surface area (Å²) in [4.78, 5) is 24.5. The van der Waals surface area contributed by atoms with E-state index in [4.69, 9.17) is 4.74 Å². The molecule has 0 spiro atoms. The van der Waals surface area contributed by atoms with E-state index in [9.17, 15) is 19.8 Å². The molecule has 4 rings (SSSR count). The van der Waals surface area contributed by atoms with Crippen LogP contribution in [0.3, 0.4) is 0 Å². The van der Waals surface area contributed by atoms with E-state index < -0.39 is 24.3 Å². The van der Waals surface area contributed by atoms with E-state index in [1.165, 1.54) is 18.1 Å². The van der Waals surface area contributed by atoms with Crippen LogP contribution in [0.4, 0.5) is 0 Å². The zero-order valence-electron chi connectivity index (χ0n) is 24.4. The molecule has 2 N–H and O–H groups in total. The Hall–Kier alpha value is -1.46. The molecule has 3 saturated carbocycles. The molecule has 0 saturated heterocycles. The maximum atomic E-state index is 12.9. The number of ketones is 1. The maximum Gasteiger partial charge on any atom is 0.303 e. The Bertz CT molecular complexity index is 1010. The first kappa shape index (κ1) is 28.5. The molecule has 5 nitrogen and oxygen atoms in total. The maximum absolute atomic E-state index is 12.9. The number of Topliss-reactive ketones (excluding diaryl/α,β-unsaturated/α-hetero) is 1. The van der Waals surface area contributed by atoms with Gasteiger partial charge in [0.2, 0.25) is 0 Å². The van der Waals surface area contributed by atoms with Crippen molar-refractivity contribution in [2.45, 2.75) is 125 Å². The van der Waals surface area contributed by atoms with Crippen LogP contribution in [0.15, 0.2) is 23.3 Å². The Morgan fingerprint density at radius 1 is 1.11 bits per heavy atom. The number of fused-ring (bicyclic) bond motifs is 5. The molecule has 4 aliphatic carbocycles. The fourth-order valence-corrected chi connectivity index (χ4v) is 9.98. The van der Waals surface area contributed by atoms with E-state index in [0.717, 1.165) is 32.1 Å². The molecule has 5 heteroatoms. The highest BCUT2D eigenvalue weighted by molar-refractivity contribution is 5.85. The number of hydrogen-bond acceptors (Lipinski definition) is 5. The average molecular weight is 515 g/mol. The van der Waals surface area contributed by atoms with Gasteiger partial charge >= 0.3 is 5.97 Å². The quantitative estimate of drug-likeness (QED) is 0.327. The largest absolute Gasteiger partial charge is 0.455 e. The topological polar surface area (TPSA) is 83.8 Å². The van der Waals surface area contributed by atoms with Crippen molar-refractivity contribution < 1.29 is 24.5 Å². The van der Waals surface area contributed by atoms with Crippen molar-refractivity contribution in [1.29, 1.82) is 0 Å². The van der Waals surface area contributed by atoms with Crippen LogP contribution in [0.25, 0.3) is 0 Å². The molecule has 0 bridgehead atoms. The third kappa shape index (κ3) is 4.18. The summed E-state index contributed by atoms with van der Waals surface area (Å²) >= 11 is 0. The van der Waals surface area contributed by atoms with Crippen LogP contribution in [0.2, 0.25) is 0 Å². The molecule has 0 amide bonds.